The molecule has 0 fully saturated rings. The van der Waals surface area contributed by atoms with Gasteiger partial charge in [0.25, 0.3) is 0 Å². The third kappa shape index (κ3) is 5.17. The van der Waals surface area contributed by atoms with Crippen LogP contribution in [0.3, 0.4) is 0 Å². The molecule has 2 N–H and O–H groups in total. The number of carbonyl (C=O) groups is 1. The Kier molecular flexibility index (Phi) is 7.60. The third-order valence-corrected chi connectivity index (χ3v) is 3.17. The molecule has 132 valence electrons. The van der Waals surface area contributed by atoms with Crippen LogP contribution in [0.2, 0.25) is 0 Å². The number of hydrogen-bond donors (Lipinski definition) is 2. The number of hydrogen-bond acceptors (Lipinski definition) is 4. The van der Waals surface area contributed by atoms with Crippen LogP contribution >= 0.6 is 12.4 Å². The first-order chi connectivity index (χ1) is 11.0. The number of nitrogens with one attached hydrogen (secondary N) is 2. The van der Waals surface area contributed by atoms with Gasteiger partial charge in [-0.15, -0.1) is 12.4 Å². The molecule has 9 heteroatoms. The maximum atomic E-state index is 13.0. The van der Waals surface area contributed by atoms with Crippen LogP contribution in [0.15, 0.2) is 30.6 Å². The first-order valence-electron chi connectivity index (χ1n) is 7.02. The van der Waals surface area contributed by atoms with Gasteiger partial charge in [-0.25, -0.2) is 8.78 Å². The minimum Gasteiger partial charge on any atom is -0.492 e. The first-order valence-corrected chi connectivity index (χ1v) is 7.02. The Morgan fingerprint density at radius 1 is 1.38 bits per heavy atom. The van der Waals surface area contributed by atoms with Crippen molar-refractivity contribution in [3.63, 3.8) is 0 Å². The molecular formula is C15H19ClF2N4O2. The van der Waals surface area contributed by atoms with E-state index in [2.05, 4.69) is 15.7 Å². The average Bonchev–Trinajstić information content (AvgIpc) is 2.94. The molecule has 0 aliphatic rings. The van der Waals surface area contributed by atoms with Gasteiger partial charge < -0.3 is 15.4 Å². The van der Waals surface area contributed by atoms with E-state index in [1.54, 1.807) is 31.2 Å². The Labute approximate surface area is 144 Å². The number of ether oxygens (including phenoxy) is 1. The average molecular weight is 361 g/mol. The highest BCUT2D eigenvalue weighted by atomic mass is 35.5. The summed E-state index contributed by atoms with van der Waals surface area (Å²) < 4.78 is 32.7. The van der Waals surface area contributed by atoms with Gasteiger partial charge in [-0.1, -0.05) is 0 Å². The predicted molar refractivity (Wildman–Crippen MR) is 87.1 cm³/mol. The summed E-state index contributed by atoms with van der Waals surface area (Å²) in [6, 6.07) is 2.75. The van der Waals surface area contributed by atoms with Crippen molar-refractivity contribution in [2.45, 2.75) is 6.04 Å². The van der Waals surface area contributed by atoms with Crippen LogP contribution in [0.4, 0.5) is 8.78 Å². The number of amides is 1. The van der Waals surface area contributed by atoms with Crippen LogP contribution in [-0.4, -0.2) is 35.9 Å². The van der Waals surface area contributed by atoms with Gasteiger partial charge in [-0.2, -0.15) is 5.10 Å². The predicted octanol–water partition coefficient (Wildman–Crippen LogP) is 1.58. The van der Waals surface area contributed by atoms with E-state index in [4.69, 9.17) is 4.74 Å². The third-order valence-electron chi connectivity index (χ3n) is 3.17. The Morgan fingerprint density at radius 3 is 2.71 bits per heavy atom. The van der Waals surface area contributed by atoms with E-state index in [9.17, 15) is 13.6 Å². The second kappa shape index (κ2) is 9.19. The molecule has 2 rings (SSSR count). The fourth-order valence-electron chi connectivity index (χ4n) is 2.05. The highest BCUT2D eigenvalue weighted by Crippen LogP contribution is 2.15. The Bertz CT molecular complexity index is 681. The topological polar surface area (TPSA) is 68.2 Å². The maximum Gasteiger partial charge on any atom is 0.241 e. The fraction of sp³-hybridized carbons (Fsp3) is 0.333. The molecule has 1 heterocycles. The quantitative estimate of drug-likeness (QED) is 0.736. The van der Waals surface area contributed by atoms with Crippen molar-refractivity contribution >= 4 is 18.3 Å². The summed E-state index contributed by atoms with van der Waals surface area (Å²) in [7, 11) is 3.44. The van der Waals surface area contributed by atoms with Crippen molar-refractivity contribution in [1.29, 1.82) is 0 Å². The van der Waals surface area contributed by atoms with Gasteiger partial charge >= 0.3 is 0 Å². The molecule has 24 heavy (non-hydrogen) atoms. The number of rotatable bonds is 7. The largest absolute Gasteiger partial charge is 0.492 e. The molecule has 6 nitrogen and oxygen atoms in total. The van der Waals surface area contributed by atoms with Crippen molar-refractivity contribution < 1.29 is 18.3 Å². The number of nitrogens with zero attached hydrogens (tertiary/aromatic N) is 2. The summed E-state index contributed by atoms with van der Waals surface area (Å²) in [4.78, 5) is 12.1. The molecule has 0 saturated carbocycles. The second-order valence-electron chi connectivity index (χ2n) is 4.88. The van der Waals surface area contributed by atoms with E-state index in [1.807, 2.05) is 0 Å². The molecular weight excluding hydrogens is 342 g/mol. The standard InChI is InChI=1S/C15H18F2N4O2.ClH/c1-18-14(10-8-20-21(2)9-10)15(22)19-5-6-23-11-3-4-12(16)13(17)7-11;/h3-4,7-9,14,18H,5-6H2,1-2H3,(H,19,22);1H. The van der Waals surface area contributed by atoms with E-state index in [0.29, 0.717) is 0 Å². The van der Waals surface area contributed by atoms with Crippen LogP contribution in [0, 0.1) is 11.6 Å². The smallest absolute Gasteiger partial charge is 0.241 e. The summed E-state index contributed by atoms with van der Waals surface area (Å²) in [5, 5.41) is 9.64. The van der Waals surface area contributed by atoms with Gasteiger partial charge in [-0.3, -0.25) is 9.48 Å². The Morgan fingerprint density at radius 2 is 2.12 bits per heavy atom. The van der Waals surface area contributed by atoms with Gasteiger partial charge in [0.15, 0.2) is 11.6 Å². The van der Waals surface area contributed by atoms with E-state index < -0.39 is 17.7 Å². The van der Waals surface area contributed by atoms with E-state index in [0.717, 1.165) is 17.7 Å². The van der Waals surface area contributed by atoms with E-state index >= 15 is 0 Å². The van der Waals surface area contributed by atoms with Crippen molar-refractivity contribution in [2.75, 3.05) is 20.2 Å². The van der Waals surface area contributed by atoms with E-state index in [1.165, 1.54) is 6.07 Å². The van der Waals surface area contributed by atoms with Crippen molar-refractivity contribution in [3.05, 3.63) is 47.8 Å². The van der Waals surface area contributed by atoms with Crippen molar-refractivity contribution in [3.8, 4) is 5.75 Å². The lowest BCUT2D eigenvalue weighted by Crippen LogP contribution is -2.37. The molecule has 0 aliphatic heterocycles. The van der Waals surface area contributed by atoms with E-state index in [-0.39, 0.29) is 37.2 Å². The zero-order chi connectivity index (χ0) is 16.8. The molecule has 1 aromatic heterocycles. The molecule has 0 radical (unpaired) electrons. The number of likely N-dealkylation sites (N-methyl/N-ethyl adjacent to an activating group) is 1. The number of carbonyl (C=O) groups excluding carboxylic acids is 1. The lowest BCUT2D eigenvalue weighted by atomic mass is 10.1. The van der Waals surface area contributed by atoms with Gasteiger partial charge in [0.1, 0.15) is 18.4 Å². The number of halogens is 3. The molecule has 1 atom stereocenters. The molecule has 2 aromatic rings. The van der Waals surface area contributed by atoms with Crippen LogP contribution < -0.4 is 15.4 Å². The van der Waals surface area contributed by atoms with Gasteiger partial charge in [0, 0.05) is 24.9 Å². The minimum atomic E-state index is -0.974. The number of aryl methyl sites for hydroxylation is 1. The summed E-state index contributed by atoms with van der Waals surface area (Å²) in [5.74, 6) is -1.93. The Balaban J connectivity index is 0.00000288. The molecule has 0 saturated heterocycles. The summed E-state index contributed by atoms with van der Waals surface area (Å²) >= 11 is 0. The molecule has 1 aromatic carbocycles. The lowest BCUT2D eigenvalue weighted by Gasteiger charge is -2.14. The maximum absolute atomic E-state index is 13.0. The SMILES string of the molecule is CNC(C(=O)NCCOc1ccc(F)c(F)c1)c1cnn(C)c1.Cl. The number of aromatic nitrogens is 2. The molecule has 0 spiro atoms. The summed E-state index contributed by atoms with van der Waals surface area (Å²) in [5.41, 5.74) is 0.744. The van der Waals surface area contributed by atoms with Crippen LogP contribution in [0.25, 0.3) is 0 Å². The van der Waals surface area contributed by atoms with Crippen LogP contribution in [0.5, 0.6) is 5.75 Å². The van der Waals surface area contributed by atoms with Crippen molar-refractivity contribution in [1.82, 2.24) is 20.4 Å². The van der Waals surface area contributed by atoms with Crippen LogP contribution in [0.1, 0.15) is 11.6 Å². The normalized spacial score (nSPS) is 11.5. The summed E-state index contributed by atoms with van der Waals surface area (Å²) in [6.45, 7) is 0.372. The first kappa shape index (κ1) is 19.9. The molecule has 0 aliphatic carbocycles. The van der Waals surface area contributed by atoms with Gasteiger partial charge in [0.2, 0.25) is 5.91 Å². The molecule has 1 amide bonds. The highest BCUT2D eigenvalue weighted by molar-refractivity contribution is 5.85. The second-order valence-corrected chi connectivity index (χ2v) is 4.88. The zero-order valence-electron chi connectivity index (χ0n) is 13.3. The van der Waals surface area contributed by atoms with Crippen LogP contribution in [-0.2, 0) is 11.8 Å². The lowest BCUT2D eigenvalue weighted by molar-refractivity contribution is -0.123. The Hall–Kier alpha value is -2.19. The summed E-state index contributed by atoms with van der Waals surface area (Å²) in [6.07, 6.45) is 3.36. The fourth-order valence-corrected chi connectivity index (χ4v) is 2.05. The zero-order valence-corrected chi connectivity index (χ0v) is 14.1. The van der Waals surface area contributed by atoms with Gasteiger partial charge in [-0.05, 0) is 19.2 Å². The highest BCUT2D eigenvalue weighted by Gasteiger charge is 2.19. The molecule has 0 bridgehead atoms. The molecule has 1 unspecified atom stereocenters. The minimum absolute atomic E-state index is 0. The van der Waals surface area contributed by atoms with Crippen molar-refractivity contribution in [2.24, 2.45) is 7.05 Å². The number of benzene rings is 1. The van der Waals surface area contributed by atoms with Gasteiger partial charge in [0.05, 0.1) is 12.7 Å². The monoisotopic (exact) mass is 360 g/mol.